The molecule has 0 radical (unpaired) electrons. The molecule has 4 rings (SSSR count). The lowest BCUT2D eigenvalue weighted by atomic mass is 10.2. The average Bonchev–Trinajstić information content (AvgIpc) is 2.87. The Morgan fingerprint density at radius 2 is 1.81 bits per heavy atom. The summed E-state index contributed by atoms with van der Waals surface area (Å²) in [5, 5.41) is 3.83. The number of nitrogens with one attached hydrogen (secondary N) is 2. The first kappa shape index (κ1) is 25.1. The molecule has 184 valence electrons. The van der Waals surface area contributed by atoms with E-state index in [0.717, 1.165) is 0 Å². The van der Waals surface area contributed by atoms with Gasteiger partial charge in [0.05, 0.1) is 30.2 Å². The molecule has 3 aromatic carbocycles. The smallest absolute Gasteiger partial charge is 0.262 e. The van der Waals surface area contributed by atoms with Crippen molar-refractivity contribution in [3.05, 3.63) is 87.4 Å². The maximum absolute atomic E-state index is 12.4. The molecule has 0 bridgehead atoms. The van der Waals surface area contributed by atoms with E-state index in [0.29, 0.717) is 44.4 Å². The Kier molecular flexibility index (Phi) is 7.77. The number of methoxy groups -OCH3 is 2. The van der Waals surface area contributed by atoms with Crippen LogP contribution in [0, 0.1) is 0 Å². The van der Waals surface area contributed by atoms with E-state index in [1.54, 1.807) is 73.8 Å². The number of halogens is 2. The number of carbonyl (C=O) groups is 1. The van der Waals surface area contributed by atoms with Gasteiger partial charge >= 0.3 is 0 Å². The summed E-state index contributed by atoms with van der Waals surface area (Å²) in [6, 6.07) is 16.9. The number of fused-ring (bicyclic) bond motifs is 1. The number of rotatable bonds is 8. The van der Waals surface area contributed by atoms with E-state index >= 15 is 0 Å². The summed E-state index contributed by atoms with van der Waals surface area (Å²) < 4.78 is 16.1. The van der Waals surface area contributed by atoms with Gasteiger partial charge in [-0.1, -0.05) is 29.3 Å². The summed E-state index contributed by atoms with van der Waals surface area (Å²) in [7, 11) is 3.06. The summed E-state index contributed by atoms with van der Waals surface area (Å²) in [5.74, 6) is 1.33. The zero-order valence-corrected chi connectivity index (χ0v) is 20.8. The summed E-state index contributed by atoms with van der Waals surface area (Å²) in [5.41, 5.74) is 1.39. The van der Waals surface area contributed by atoms with Crippen LogP contribution in [0.25, 0.3) is 22.0 Å². The highest BCUT2D eigenvalue weighted by Crippen LogP contribution is 2.30. The first-order chi connectivity index (χ1) is 17.4. The quantitative estimate of drug-likeness (QED) is 0.321. The Morgan fingerprint density at radius 1 is 1.03 bits per heavy atom. The molecule has 0 aliphatic carbocycles. The first-order valence-corrected chi connectivity index (χ1v) is 11.4. The average molecular weight is 526 g/mol. The Morgan fingerprint density at radius 3 is 2.53 bits per heavy atom. The molecule has 8 nitrogen and oxygen atoms in total. The molecule has 1 amide bonds. The summed E-state index contributed by atoms with van der Waals surface area (Å²) >= 11 is 12.5. The van der Waals surface area contributed by atoms with Gasteiger partial charge in [0.15, 0.2) is 23.9 Å². The van der Waals surface area contributed by atoms with Gasteiger partial charge in [-0.3, -0.25) is 9.59 Å². The van der Waals surface area contributed by atoms with Crippen molar-refractivity contribution in [1.82, 2.24) is 9.97 Å². The monoisotopic (exact) mass is 525 g/mol. The first-order valence-electron chi connectivity index (χ1n) is 10.7. The minimum atomic E-state index is -0.333. The molecule has 0 spiro atoms. The third-order valence-electron chi connectivity index (χ3n) is 5.11. The van der Waals surface area contributed by atoms with Gasteiger partial charge in [0.1, 0.15) is 5.75 Å². The van der Waals surface area contributed by atoms with Crippen molar-refractivity contribution in [3.63, 3.8) is 0 Å². The number of H-pyrrole nitrogens is 1. The summed E-state index contributed by atoms with van der Waals surface area (Å²) in [6.45, 7) is -0.219. The molecular formula is C26H21Cl2N3O5. The van der Waals surface area contributed by atoms with Crippen molar-refractivity contribution in [1.29, 1.82) is 0 Å². The van der Waals surface area contributed by atoms with Crippen LogP contribution in [0.15, 0.2) is 65.5 Å². The molecular weight excluding hydrogens is 505 g/mol. The van der Waals surface area contributed by atoms with Gasteiger partial charge in [-0.25, -0.2) is 4.98 Å². The van der Waals surface area contributed by atoms with Crippen molar-refractivity contribution in [2.45, 2.75) is 0 Å². The number of hydrogen-bond donors (Lipinski definition) is 2. The van der Waals surface area contributed by atoms with Crippen LogP contribution in [0.4, 0.5) is 5.69 Å². The molecule has 0 saturated carbocycles. The third-order valence-corrected chi connectivity index (χ3v) is 5.63. The van der Waals surface area contributed by atoms with Crippen LogP contribution in [0.3, 0.4) is 0 Å². The minimum absolute atomic E-state index is 0.200. The van der Waals surface area contributed by atoms with Crippen LogP contribution >= 0.6 is 23.2 Å². The second kappa shape index (κ2) is 11.2. The van der Waals surface area contributed by atoms with Crippen molar-refractivity contribution >= 4 is 56.8 Å². The molecule has 0 unspecified atom stereocenters. The van der Waals surface area contributed by atoms with Gasteiger partial charge < -0.3 is 24.5 Å². The second-order valence-corrected chi connectivity index (χ2v) is 8.39. The molecule has 0 aliphatic rings. The van der Waals surface area contributed by atoms with E-state index in [4.69, 9.17) is 37.4 Å². The normalized spacial score (nSPS) is 11.3. The van der Waals surface area contributed by atoms with E-state index in [9.17, 15) is 9.59 Å². The van der Waals surface area contributed by atoms with Crippen LogP contribution in [-0.2, 0) is 4.79 Å². The van der Waals surface area contributed by atoms with Crippen molar-refractivity contribution in [3.8, 4) is 17.2 Å². The number of anilines is 1. The lowest BCUT2D eigenvalue weighted by molar-refractivity contribution is -0.118. The van der Waals surface area contributed by atoms with Gasteiger partial charge in [-0.2, -0.15) is 0 Å². The minimum Gasteiger partial charge on any atom is -0.497 e. The van der Waals surface area contributed by atoms with Crippen molar-refractivity contribution in [2.24, 2.45) is 0 Å². The fourth-order valence-corrected chi connectivity index (χ4v) is 3.73. The van der Waals surface area contributed by atoms with Gasteiger partial charge in [0.2, 0.25) is 0 Å². The standard InChI is InChI=1S/C26H21Cl2N3O5/c1-34-18-7-5-17(6-8-18)29-24(32)14-36-22-10-3-15(12-23(22)35-2)11-20(28)25-30-21-13-16(27)4-9-19(21)26(33)31-25/h3-13H,14H2,1-2H3,(H,29,32)(H,30,31,33)/b20-11-. The number of aromatic nitrogens is 2. The SMILES string of the molecule is COc1ccc(NC(=O)COc2ccc(/C=C(\Cl)c3nc4cc(Cl)ccc4c(=O)[nH]3)cc2OC)cc1. The largest absolute Gasteiger partial charge is 0.497 e. The Hall–Kier alpha value is -4.01. The zero-order chi connectivity index (χ0) is 25.7. The molecule has 0 atom stereocenters. The second-order valence-electron chi connectivity index (χ2n) is 7.54. The van der Waals surface area contributed by atoms with Gasteiger partial charge in [0, 0.05) is 10.7 Å². The molecule has 0 saturated heterocycles. The predicted molar refractivity (Wildman–Crippen MR) is 141 cm³/mol. The fourth-order valence-electron chi connectivity index (χ4n) is 3.35. The lowest BCUT2D eigenvalue weighted by Gasteiger charge is -2.12. The molecule has 0 aliphatic heterocycles. The lowest BCUT2D eigenvalue weighted by Crippen LogP contribution is -2.20. The van der Waals surface area contributed by atoms with Crippen molar-refractivity contribution in [2.75, 3.05) is 26.1 Å². The van der Waals surface area contributed by atoms with Crippen LogP contribution in [0.2, 0.25) is 5.02 Å². The van der Waals surface area contributed by atoms with Crippen LogP contribution in [0.5, 0.6) is 17.2 Å². The molecule has 36 heavy (non-hydrogen) atoms. The van der Waals surface area contributed by atoms with E-state index < -0.39 is 0 Å². The fraction of sp³-hybridized carbons (Fsp3) is 0.115. The topological polar surface area (TPSA) is 103 Å². The van der Waals surface area contributed by atoms with Gasteiger partial charge in [0.25, 0.3) is 11.5 Å². The third kappa shape index (κ3) is 5.97. The zero-order valence-electron chi connectivity index (χ0n) is 19.3. The van der Waals surface area contributed by atoms with Crippen LogP contribution in [0.1, 0.15) is 11.4 Å². The highest BCUT2D eigenvalue weighted by atomic mass is 35.5. The van der Waals surface area contributed by atoms with Crippen LogP contribution < -0.4 is 25.1 Å². The Balaban J connectivity index is 1.47. The van der Waals surface area contributed by atoms with E-state index in [1.807, 2.05) is 0 Å². The summed E-state index contributed by atoms with van der Waals surface area (Å²) in [4.78, 5) is 31.7. The number of nitrogens with zero attached hydrogens (tertiary/aromatic N) is 1. The number of aromatic amines is 1. The number of hydrogen-bond acceptors (Lipinski definition) is 6. The molecule has 2 N–H and O–H groups in total. The maximum atomic E-state index is 12.4. The van der Waals surface area contributed by atoms with E-state index in [-0.39, 0.29) is 28.9 Å². The van der Waals surface area contributed by atoms with Crippen molar-refractivity contribution < 1.29 is 19.0 Å². The van der Waals surface area contributed by atoms with Gasteiger partial charge in [-0.05, 0) is 66.2 Å². The molecule has 10 heteroatoms. The molecule has 4 aromatic rings. The Bertz CT molecular complexity index is 1500. The maximum Gasteiger partial charge on any atom is 0.262 e. The van der Waals surface area contributed by atoms with Gasteiger partial charge in [-0.15, -0.1) is 0 Å². The number of carbonyl (C=O) groups excluding carboxylic acids is 1. The Labute approximate surface area is 216 Å². The number of ether oxygens (including phenoxy) is 3. The highest BCUT2D eigenvalue weighted by molar-refractivity contribution is 6.50. The summed E-state index contributed by atoms with van der Waals surface area (Å²) in [6.07, 6.45) is 1.62. The highest BCUT2D eigenvalue weighted by Gasteiger charge is 2.11. The number of benzene rings is 3. The molecule has 0 fully saturated rings. The predicted octanol–water partition coefficient (Wildman–Crippen LogP) is 5.35. The molecule has 1 heterocycles. The van der Waals surface area contributed by atoms with E-state index in [1.165, 1.54) is 7.11 Å². The van der Waals surface area contributed by atoms with E-state index in [2.05, 4.69) is 15.3 Å². The number of amides is 1. The van der Waals surface area contributed by atoms with Crippen LogP contribution in [-0.4, -0.2) is 36.7 Å². The molecule has 1 aromatic heterocycles.